The van der Waals surface area contributed by atoms with Gasteiger partial charge in [0.1, 0.15) is 11.4 Å². The standard InChI is InChI=1S/C17H18ClN3O2S/c1-10-8-21(14-6-4-5-13(18)7-14)15(22)9-20(10)17(23)16-11(2)19-12(3)24-16/h4-7,10H,8-9H2,1-3H3. The minimum atomic E-state index is -0.121. The van der Waals surface area contributed by atoms with Crippen LogP contribution in [-0.2, 0) is 4.79 Å². The van der Waals surface area contributed by atoms with Crippen LogP contribution in [0.25, 0.3) is 0 Å². The fourth-order valence-electron chi connectivity index (χ4n) is 2.88. The van der Waals surface area contributed by atoms with Crippen molar-refractivity contribution in [2.45, 2.75) is 26.8 Å². The molecule has 24 heavy (non-hydrogen) atoms. The Morgan fingerprint density at radius 2 is 2.12 bits per heavy atom. The van der Waals surface area contributed by atoms with E-state index in [4.69, 9.17) is 11.6 Å². The van der Waals surface area contributed by atoms with Crippen molar-refractivity contribution in [1.29, 1.82) is 0 Å². The lowest BCUT2D eigenvalue weighted by Crippen LogP contribution is -2.57. The number of hydrogen-bond acceptors (Lipinski definition) is 4. The summed E-state index contributed by atoms with van der Waals surface area (Å²) in [5.41, 5.74) is 1.48. The van der Waals surface area contributed by atoms with Crippen molar-refractivity contribution in [3.63, 3.8) is 0 Å². The normalized spacial score (nSPS) is 18.2. The number of amides is 2. The molecule has 0 aliphatic carbocycles. The van der Waals surface area contributed by atoms with Crippen LogP contribution in [-0.4, -0.2) is 40.8 Å². The van der Waals surface area contributed by atoms with Gasteiger partial charge in [0.05, 0.1) is 10.7 Å². The third kappa shape index (κ3) is 3.16. The molecule has 1 aromatic heterocycles. The van der Waals surface area contributed by atoms with Gasteiger partial charge >= 0.3 is 0 Å². The van der Waals surface area contributed by atoms with Crippen LogP contribution in [0, 0.1) is 13.8 Å². The van der Waals surface area contributed by atoms with Crippen LogP contribution >= 0.6 is 22.9 Å². The van der Waals surface area contributed by atoms with E-state index in [1.165, 1.54) is 11.3 Å². The Hall–Kier alpha value is -1.92. The maximum absolute atomic E-state index is 12.8. The van der Waals surface area contributed by atoms with Gasteiger partial charge in [-0.1, -0.05) is 17.7 Å². The number of nitrogens with zero attached hydrogens (tertiary/aromatic N) is 3. The molecule has 7 heteroatoms. The first-order valence-electron chi connectivity index (χ1n) is 7.67. The molecule has 2 aromatic rings. The monoisotopic (exact) mass is 363 g/mol. The Morgan fingerprint density at radius 1 is 1.38 bits per heavy atom. The average molecular weight is 364 g/mol. The van der Waals surface area contributed by atoms with Crippen molar-refractivity contribution in [1.82, 2.24) is 9.88 Å². The van der Waals surface area contributed by atoms with Crippen LogP contribution in [0.4, 0.5) is 5.69 Å². The van der Waals surface area contributed by atoms with Crippen molar-refractivity contribution < 1.29 is 9.59 Å². The first-order chi connectivity index (χ1) is 11.4. The highest BCUT2D eigenvalue weighted by Crippen LogP contribution is 2.26. The highest BCUT2D eigenvalue weighted by Gasteiger charge is 2.34. The number of hydrogen-bond donors (Lipinski definition) is 0. The topological polar surface area (TPSA) is 53.5 Å². The molecule has 1 aliphatic heterocycles. The number of aryl methyl sites for hydroxylation is 2. The molecule has 0 N–H and O–H groups in total. The minimum absolute atomic E-state index is 0.0584. The van der Waals surface area contributed by atoms with Gasteiger partial charge < -0.3 is 9.80 Å². The Labute approximate surface area is 149 Å². The van der Waals surface area contributed by atoms with Gasteiger partial charge in [-0.05, 0) is 39.0 Å². The molecule has 3 rings (SSSR count). The predicted octanol–water partition coefficient (Wildman–Crippen LogP) is 3.29. The third-order valence-electron chi connectivity index (χ3n) is 4.06. The van der Waals surface area contributed by atoms with Gasteiger partial charge in [-0.15, -0.1) is 11.3 Å². The molecule has 1 saturated heterocycles. The lowest BCUT2D eigenvalue weighted by atomic mass is 10.1. The van der Waals surface area contributed by atoms with Gasteiger partial charge in [0.2, 0.25) is 5.91 Å². The van der Waals surface area contributed by atoms with E-state index >= 15 is 0 Å². The summed E-state index contributed by atoms with van der Waals surface area (Å²) in [7, 11) is 0. The fourth-order valence-corrected chi connectivity index (χ4v) is 3.94. The Morgan fingerprint density at radius 3 is 2.75 bits per heavy atom. The first kappa shape index (κ1) is 16.9. The average Bonchev–Trinajstić information content (AvgIpc) is 2.87. The van der Waals surface area contributed by atoms with Crippen LogP contribution < -0.4 is 4.90 Å². The molecule has 1 aromatic carbocycles. The van der Waals surface area contributed by atoms with E-state index in [1.807, 2.05) is 32.9 Å². The largest absolute Gasteiger partial charge is 0.324 e. The van der Waals surface area contributed by atoms with E-state index < -0.39 is 0 Å². The number of carbonyl (C=O) groups is 2. The molecular weight excluding hydrogens is 346 g/mol. The second-order valence-corrected chi connectivity index (χ2v) is 7.55. The summed E-state index contributed by atoms with van der Waals surface area (Å²) < 4.78 is 0. The lowest BCUT2D eigenvalue weighted by molar-refractivity contribution is -0.121. The number of carbonyl (C=O) groups excluding carboxylic acids is 2. The quantitative estimate of drug-likeness (QED) is 0.822. The summed E-state index contributed by atoms with van der Waals surface area (Å²) in [6, 6.07) is 7.12. The van der Waals surface area contributed by atoms with E-state index in [0.717, 1.165) is 16.4 Å². The second kappa shape index (κ2) is 6.53. The number of anilines is 1. The first-order valence-corrected chi connectivity index (χ1v) is 8.87. The van der Waals surface area contributed by atoms with E-state index in [1.54, 1.807) is 21.9 Å². The SMILES string of the molecule is Cc1nc(C)c(C(=O)N2CC(=O)N(c3cccc(Cl)c3)CC2C)s1. The highest BCUT2D eigenvalue weighted by molar-refractivity contribution is 7.13. The van der Waals surface area contributed by atoms with Gasteiger partial charge in [0.25, 0.3) is 5.91 Å². The summed E-state index contributed by atoms with van der Waals surface area (Å²) in [6.45, 7) is 6.15. The number of halogens is 1. The van der Waals surface area contributed by atoms with Gasteiger partial charge in [-0.3, -0.25) is 9.59 Å². The maximum Gasteiger partial charge on any atom is 0.266 e. The molecule has 126 valence electrons. The number of benzene rings is 1. The molecule has 2 amide bonds. The summed E-state index contributed by atoms with van der Waals surface area (Å²) in [4.78, 5) is 33.6. The van der Waals surface area contributed by atoms with E-state index in [0.29, 0.717) is 16.4 Å². The molecule has 1 fully saturated rings. The molecule has 5 nitrogen and oxygen atoms in total. The van der Waals surface area contributed by atoms with Crippen LogP contribution in [0.2, 0.25) is 5.02 Å². The van der Waals surface area contributed by atoms with Gasteiger partial charge in [-0.25, -0.2) is 4.98 Å². The molecule has 0 bridgehead atoms. The molecule has 1 unspecified atom stereocenters. The van der Waals surface area contributed by atoms with Crippen LogP contribution in [0.3, 0.4) is 0 Å². The number of aromatic nitrogens is 1. The summed E-state index contributed by atoms with van der Waals surface area (Å²) in [6.07, 6.45) is 0. The number of rotatable bonds is 2. The Bertz CT molecular complexity index is 805. The number of piperazine rings is 1. The smallest absolute Gasteiger partial charge is 0.266 e. The number of thiazole rings is 1. The molecule has 0 spiro atoms. The second-order valence-electron chi connectivity index (χ2n) is 5.91. The minimum Gasteiger partial charge on any atom is -0.324 e. The molecular formula is C17H18ClN3O2S. The van der Waals surface area contributed by atoms with Gasteiger partial charge in [0, 0.05) is 23.3 Å². The highest BCUT2D eigenvalue weighted by atomic mass is 35.5. The predicted molar refractivity (Wildman–Crippen MR) is 95.9 cm³/mol. The molecule has 0 radical (unpaired) electrons. The maximum atomic E-state index is 12.8. The molecule has 0 saturated carbocycles. The van der Waals surface area contributed by atoms with Crippen molar-refractivity contribution in [3.8, 4) is 0 Å². The lowest BCUT2D eigenvalue weighted by Gasteiger charge is -2.39. The zero-order valence-corrected chi connectivity index (χ0v) is 15.3. The van der Waals surface area contributed by atoms with Crippen LogP contribution in [0.5, 0.6) is 0 Å². The molecule has 2 heterocycles. The third-order valence-corrected chi connectivity index (χ3v) is 5.36. The van der Waals surface area contributed by atoms with Crippen molar-refractivity contribution in [3.05, 3.63) is 44.9 Å². The van der Waals surface area contributed by atoms with E-state index in [2.05, 4.69) is 4.98 Å². The van der Waals surface area contributed by atoms with Crippen molar-refractivity contribution in [2.75, 3.05) is 18.0 Å². The zero-order valence-electron chi connectivity index (χ0n) is 13.7. The van der Waals surface area contributed by atoms with Crippen LogP contribution in [0.15, 0.2) is 24.3 Å². The van der Waals surface area contributed by atoms with Crippen molar-refractivity contribution in [2.24, 2.45) is 0 Å². The van der Waals surface area contributed by atoms with Crippen LogP contribution in [0.1, 0.15) is 27.3 Å². The zero-order chi connectivity index (χ0) is 17.4. The van der Waals surface area contributed by atoms with E-state index in [-0.39, 0.29) is 24.4 Å². The summed E-state index contributed by atoms with van der Waals surface area (Å²) in [5, 5.41) is 1.44. The van der Waals surface area contributed by atoms with Gasteiger partial charge in [-0.2, -0.15) is 0 Å². The van der Waals surface area contributed by atoms with E-state index in [9.17, 15) is 9.59 Å². The van der Waals surface area contributed by atoms with Gasteiger partial charge in [0.15, 0.2) is 0 Å². The molecule has 1 atom stereocenters. The fraction of sp³-hybridized carbons (Fsp3) is 0.353. The molecule has 1 aliphatic rings. The Kier molecular flexibility index (Phi) is 4.60. The summed E-state index contributed by atoms with van der Waals surface area (Å²) >= 11 is 7.39. The van der Waals surface area contributed by atoms with Crippen molar-refractivity contribution >= 4 is 40.4 Å². The Balaban J connectivity index is 1.82. The summed E-state index contributed by atoms with van der Waals surface area (Å²) in [5.74, 6) is -0.229.